The summed E-state index contributed by atoms with van der Waals surface area (Å²) in [6.45, 7) is 4.32. The highest BCUT2D eigenvalue weighted by Gasteiger charge is 2.28. The molecule has 1 atom stereocenters. The molecule has 6 heteroatoms. The molecule has 1 aromatic heterocycles. The molecule has 1 unspecified atom stereocenters. The predicted octanol–water partition coefficient (Wildman–Crippen LogP) is 2.60. The van der Waals surface area contributed by atoms with Gasteiger partial charge in [-0.15, -0.1) is 23.7 Å². The number of carbonyl (C=O) groups excluding carboxylic acids is 1. The molecule has 2 aromatic rings. The van der Waals surface area contributed by atoms with E-state index in [1.807, 2.05) is 17.4 Å². The minimum Gasteiger partial charge on any atom is -0.354 e. The lowest BCUT2D eigenvalue weighted by atomic mass is 9.99. The van der Waals surface area contributed by atoms with E-state index in [4.69, 9.17) is 0 Å². The van der Waals surface area contributed by atoms with Crippen LogP contribution >= 0.6 is 23.7 Å². The predicted molar refractivity (Wildman–Crippen MR) is 104 cm³/mol. The minimum absolute atomic E-state index is 0. The van der Waals surface area contributed by atoms with Gasteiger partial charge >= 0.3 is 0 Å². The van der Waals surface area contributed by atoms with Gasteiger partial charge in [0.15, 0.2) is 0 Å². The molecular weight excluding hydrogens is 354 g/mol. The van der Waals surface area contributed by atoms with Crippen LogP contribution in [0.1, 0.15) is 22.0 Å². The van der Waals surface area contributed by atoms with Crippen LogP contribution < -0.4 is 10.6 Å². The smallest absolute Gasteiger partial charge is 0.225 e. The summed E-state index contributed by atoms with van der Waals surface area (Å²) in [5, 5.41) is 8.53. The number of benzene rings is 1. The molecule has 2 N–H and O–H groups in total. The van der Waals surface area contributed by atoms with Crippen molar-refractivity contribution in [3.63, 3.8) is 0 Å². The van der Waals surface area contributed by atoms with Crippen LogP contribution in [-0.4, -0.2) is 37.0 Å². The molecule has 1 fully saturated rings. The van der Waals surface area contributed by atoms with Crippen LogP contribution in [0.2, 0.25) is 0 Å². The number of amides is 1. The van der Waals surface area contributed by atoms with Gasteiger partial charge in [-0.25, -0.2) is 0 Å². The van der Waals surface area contributed by atoms with E-state index in [2.05, 4.69) is 51.2 Å². The molecule has 0 saturated carbocycles. The van der Waals surface area contributed by atoms with Crippen LogP contribution in [-0.2, 0) is 17.8 Å². The standard InChI is InChI=1S/C19H23N3OS.ClH/c23-19(16-10-20-11-16)21-12-17(14-4-2-1-3-5-14)22-8-6-18-15(13-22)7-9-24-18;/h1-5,7,9,16-17,20H,6,8,10-13H2,(H,21,23);1H. The lowest BCUT2D eigenvalue weighted by molar-refractivity contribution is -0.126. The van der Waals surface area contributed by atoms with Gasteiger partial charge in [0.25, 0.3) is 0 Å². The second-order valence-electron chi connectivity index (χ2n) is 6.62. The zero-order valence-electron chi connectivity index (χ0n) is 14.1. The molecular formula is C19H24ClN3OS. The highest BCUT2D eigenvalue weighted by Crippen LogP contribution is 2.30. The summed E-state index contributed by atoms with van der Waals surface area (Å²) in [6.07, 6.45) is 1.11. The topological polar surface area (TPSA) is 44.4 Å². The number of hydrogen-bond acceptors (Lipinski definition) is 4. The van der Waals surface area contributed by atoms with Crippen molar-refractivity contribution in [2.24, 2.45) is 5.92 Å². The molecule has 1 aromatic carbocycles. The minimum atomic E-state index is 0. The van der Waals surface area contributed by atoms with E-state index in [1.54, 1.807) is 0 Å². The van der Waals surface area contributed by atoms with E-state index >= 15 is 0 Å². The zero-order valence-corrected chi connectivity index (χ0v) is 15.7. The largest absolute Gasteiger partial charge is 0.354 e. The highest BCUT2D eigenvalue weighted by molar-refractivity contribution is 7.10. The summed E-state index contributed by atoms with van der Waals surface area (Å²) < 4.78 is 0. The Kier molecular flexibility index (Phi) is 6.12. The van der Waals surface area contributed by atoms with Crippen LogP contribution in [0.25, 0.3) is 0 Å². The lowest BCUT2D eigenvalue weighted by Gasteiger charge is -2.35. The van der Waals surface area contributed by atoms with E-state index in [1.165, 1.54) is 16.0 Å². The third-order valence-electron chi connectivity index (χ3n) is 5.08. The number of hydrogen-bond donors (Lipinski definition) is 2. The monoisotopic (exact) mass is 377 g/mol. The number of halogens is 1. The van der Waals surface area contributed by atoms with E-state index in [0.29, 0.717) is 6.54 Å². The summed E-state index contributed by atoms with van der Waals surface area (Å²) in [5.74, 6) is 0.328. The summed E-state index contributed by atoms with van der Waals surface area (Å²) in [4.78, 5) is 16.3. The van der Waals surface area contributed by atoms with E-state index < -0.39 is 0 Å². The molecule has 0 radical (unpaired) electrons. The normalized spacial score (nSPS) is 18.6. The first-order chi connectivity index (χ1) is 11.8. The maximum absolute atomic E-state index is 12.2. The Bertz CT molecular complexity index is 702. The Labute approximate surface area is 159 Å². The SMILES string of the molecule is Cl.O=C(NCC(c1ccccc1)N1CCc2sccc2C1)C1CNC1. The molecule has 4 nitrogen and oxygen atoms in total. The Morgan fingerprint density at radius 3 is 2.80 bits per heavy atom. The maximum Gasteiger partial charge on any atom is 0.225 e. The molecule has 0 aliphatic carbocycles. The van der Waals surface area contributed by atoms with Crippen molar-refractivity contribution in [2.45, 2.75) is 19.0 Å². The molecule has 1 amide bonds. The number of rotatable bonds is 5. The fraction of sp³-hybridized carbons (Fsp3) is 0.421. The molecule has 134 valence electrons. The van der Waals surface area contributed by atoms with E-state index in [-0.39, 0.29) is 30.3 Å². The third-order valence-corrected chi connectivity index (χ3v) is 6.11. The quantitative estimate of drug-likeness (QED) is 0.841. The van der Waals surface area contributed by atoms with Gasteiger partial charge in [0.2, 0.25) is 5.91 Å². The Morgan fingerprint density at radius 1 is 1.28 bits per heavy atom. The number of nitrogens with zero attached hydrogens (tertiary/aromatic N) is 1. The van der Waals surface area contributed by atoms with Gasteiger partial charge in [-0.3, -0.25) is 9.69 Å². The van der Waals surface area contributed by atoms with Gasteiger partial charge in [-0.2, -0.15) is 0 Å². The van der Waals surface area contributed by atoms with Crippen molar-refractivity contribution < 1.29 is 4.79 Å². The average Bonchev–Trinajstić information content (AvgIpc) is 3.02. The lowest BCUT2D eigenvalue weighted by Crippen LogP contribution is -2.52. The van der Waals surface area contributed by atoms with E-state index in [9.17, 15) is 4.79 Å². The van der Waals surface area contributed by atoms with Crippen LogP contribution in [0.15, 0.2) is 41.8 Å². The molecule has 1 saturated heterocycles. The van der Waals surface area contributed by atoms with Crippen LogP contribution in [0.5, 0.6) is 0 Å². The molecule has 2 aliphatic rings. The summed E-state index contributed by atoms with van der Waals surface area (Å²) in [6, 6.07) is 13.0. The van der Waals surface area contributed by atoms with E-state index in [0.717, 1.165) is 32.6 Å². The third kappa shape index (κ3) is 4.06. The summed E-state index contributed by atoms with van der Waals surface area (Å²) >= 11 is 1.86. The van der Waals surface area contributed by atoms with Crippen molar-refractivity contribution in [3.05, 3.63) is 57.8 Å². The first kappa shape index (κ1) is 18.4. The number of fused-ring (bicyclic) bond motifs is 1. The van der Waals surface area contributed by atoms with Gasteiger partial charge in [0.05, 0.1) is 12.0 Å². The number of nitrogens with one attached hydrogen (secondary N) is 2. The fourth-order valence-electron chi connectivity index (χ4n) is 3.48. The van der Waals surface area contributed by atoms with Crippen molar-refractivity contribution in [2.75, 3.05) is 26.2 Å². The first-order valence-corrected chi connectivity index (χ1v) is 9.52. The molecule has 25 heavy (non-hydrogen) atoms. The molecule has 3 heterocycles. The Morgan fingerprint density at radius 2 is 2.08 bits per heavy atom. The molecule has 0 spiro atoms. The van der Waals surface area contributed by atoms with Gasteiger partial charge < -0.3 is 10.6 Å². The maximum atomic E-state index is 12.2. The van der Waals surface area contributed by atoms with Crippen molar-refractivity contribution in [1.29, 1.82) is 0 Å². The Balaban J connectivity index is 0.00000182. The van der Waals surface area contributed by atoms with Crippen molar-refractivity contribution in [1.82, 2.24) is 15.5 Å². The Hall–Kier alpha value is -1.40. The highest BCUT2D eigenvalue weighted by atomic mass is 35.5. The van der Waals surface area contributed by atoms with Crippen molar-refractivity contribution in [3.8, 4) is 0 Å². The second-order valence-corrected chi connectivity index (χ2v) is 7.62. The summed E-state index contributed by atoms with van der Waals surface area (Å²) in [7, 11) is 0. The van der Waals surface area contributed by atoms with Crippen LogP contribution in [0.4, 0.5) is 0 Å². The van der Waals surface area contributed by atoms with Crippen LogP contribution in [0, 0.1) is 5.92 Å². The molecule has 2 aliphatic heterocycles. The molecule has 4 rings (SSSR count). The van der Waals surface area contributed by atoms with Gasteiger partial charge in [-0.05, 0) is 29.0 Å². The van der Waals surface area contributed by atoms with Crippen molar-refractivity contribution >= 4 is 29.7 Å². The zero-order chi connectivity index (χ0) is 16.4. The first-order valence-electron chi connectivity index (χ1n) is 8.64. The molecule has 0 bridgehead atoms. The summed E-state index contributed by atoms with van der Waals surface area (Å²) in [5.41, 5.74) is 2.73. The fourth-order valence-corrected chi connectivity index (χ4v) is 4.37. The number of thiophene rings is 1. The average molecular weight is 378 g/mol. The number of carbonyl (C=O) groups is 1. The van der Waals surface area contributed by atoms with Gasteiger partial charge in [0.1, 0.15) is 0 Å². The second kappa shape index (κ2) is 8.32. The van der Waals surface area contributed by atoms with Crippen LogP contribution in [0.3, 0.4) is 0 Å². The van der Waals surface area contributed by atoms with Gasteiger partial charge in [0, 0.05) is 37.6 Å². The van der Waals surface area contributed by atoms with Gasteiger partial charge in [-0.1, -0.05) is 30.3 Å².